The maximum atomic E-state index is 4.91. The number of hydrogen-bond acceptors (Lipinski definition) is 1. The third kappa shape index (κ3) is 1.20. The van der Waals surface area contributed by atoms with Gasteiger partial charge in [0.05, 0.1) is 11.4 Å². The molecule has 3 aliphatic rings. The molecule has 1 heterocycles. The van der Waals surface area contributed by atoms with E-state index in [0.29, 0.717) is 0 Å². The fourth-order valence-corrected chi connectivity index (χ4v) is 4.24. The first-order valence-electron chi connectivity index (χ1n) is 7.49. The molecule has 100 valence electrons. The highest BCUT2D eigenvalue weighted by Crippen LogP contribution is 2.56. The summed E-state index contributed by atoms with van der Waals surface area (Å²) in [5, 5.41) is 0. The van der Waals surface area contributed by atoms with Gasteiger partial charge in [-0.3, -0.25) is 0 Å². The number of aliphatic imine (C=N–C) groups is 1. The van der Waals surface area contributed by atoms with Crippen LogP contribution in [0.2, 0.25) is 0 Å². The number of nitrogens with zero attached hydrogens (tertiary/aromatic N) is 1. The van der Waals surface area contributed by atoms with Gasteiger partial charge in [-0.25, -0.2) is 4.99 Å². The second kappa shape index (κ2) is 3.62. The van der Waals surface area contributed by atoms with Gasteiger partial charge in [0.25, 0.3) is 0 Å². The summed E-state index contributed by atoms with van der Waals surface area (Å²) in [7, 11) is 0. The number of fused-ring (bicyclic) bond motifs is 5. The van der Waals surface area contributed by atoms with Crippen LogP contribution in [0.25, 0.3) is 5.57 Å². The minimum Gasteiger partial charge on any atom is -0.248 e. The number of hydrogen-bond donors (Lipinski definition) is 0. The Morgan fingerprint density at radius 2 is 1.71 bits per heavy atom. The van der Waals surface area contributed by atoms with Gasteiger partial charge in [0, 0.05) is 5.41 Å². The lowest BCUT2D eigenvalue weighted by Crippen LogP contribution is -2.31. The van der Waals surface area contributed by atoms with Gasteiger partial charge in [-0.2, -0.15) is 0 Å². The zero-order valence-corrected chi connectivity index (χ0v) is 11.9. The maximum Gasteiger partial charge on any atom is 0.0681 e. The van der Waals surface area contributed by atoms with E-state index >= 15 is 0 Å². The molecule has 2 aromatic rings. The van der Waals surface area contributed by atoms with E-state index in [9.17, 15) is 0 Å². The van der Waals surface area contributed by atoms with E-state index in [1.54, 1.807) is 0 Å². The molecule has 0 amide bonds. The van der Waals surface area contributed by atoms with Crippen LogP contribution in [0.1, 0.15) is 30.0 Å². The average Bonchev–Trinajstić information content (AvgIpc) is 2.80. The van der Waals surface area contributed by atoms with Crippen molar-refractivity contribution in [2.24, 2.45) is 4.99 Å². The number of benzene rings is 2. The van der Waals surface area contributed by atoms with Crippen molar-refractivity contribution >= 4 is 17.0 Å². The predicted octanol–water partition coefficient (Wildman–Crippen LogP) is 4.81. The van der Waals surface area contributed by atoms with Crippen molar-refractivity contribution in [1.82, 2.24) is 0 Å². The van der Waals surface area contributed by atoms with Gasteiger partial charge in [0.2, 0.25) is 0 Å². The van der Waals surface area contributed by atoms with Gasteiger partial charge in [-0.15, -0.1) is 0 Å². The minimum atomic E-state index is -0.0512. The molecule has 2 aromatic carbocycles. The van der Waals surface area contributed by atoms with Crippen molar-refractivity contribution in [2.75, 3.05) is 0 Å². The summed E-state index contributed by atoms with van der Waals surface area (Å²) in [6.07, 6.45) is 5.45. The molecule has 2 aliphatic carbocycles. The van der Waals surface area contributed by atoms with Crippen LogP contribution >= 0.6 is 0 Å². The minimum absolute atomic E-state index is 0.0512. The van der Waals surface area contributed by atoms with Gasteiger partial charge in [0.15, 0.2) is 0 Å². The van der Waals surface area contributed by atoms with Crippen LogP contribution in [0.4, 0.5) is 5.69 Å². The first kappa shape index (κ1) is 11.3. The van der Waals surface area contributed by atoms with Crippen molar-refractivity contribution < 1.29 is 0 Å². The SMILES string of the molecule is CC12C3=C(CC=CC3=Nc3ccccc31)c1ccccc12. The maximum absolute atomic E-state index is 4.91. The van der Waals surface area contributed by atoms with Gasteiger partial charge >= 0.3 is 0 Å². The van der Waals surface area contributed by atoms with Crippen LogP contribution in [0.5, 0.6) is 0 Å². The van der Waals surface area contributed by atoms with Gasteiger partial charge in [-0.1, -0.05) is 48.5 Å². The first-order valence-corrected chi connectivity index (χ1v) is 7.49. The molecule has 0 bridgehead atoms. The molecule has 0 aromatic heterocycles. The van der Waals surface area contributed by atoms with Crippen LogP contribution in [0.15, 0.2) is 71.2 Å². The fraction of sp³-hybridized carbons (Fsp3) is 0.150. The fourth-order valence-electron chi connectivity index (χ4n) is 4.24. The van der Waals surface area contributed by atoms with E-state index in [1.807, 2.05) is 0 Å². The van der Waals surface area contributed by atoms with Crippen LogP contribution < -0.4 is 0 Å². The van der Waals surface area contributed by atoms with Crippen molar-refractivity contribution in [3.63, 3.8) is 0 Å². The summed E-state index contributed by atoms with van der Waals surface area (Å²) in [6.45, 7) is 2.36. The molecule has 1 atom stereocenters. The Balaban J connectivity index is 1.97. The standard InChI is InChI=1S/C20H15N/c1-20-15-9-3-2-7-13(15)14-8-6-12-18(19(14)20)21-17-11-5-4-10-16(17)20/h2-7,9-12H,8H2,1H3. The van der Waals surface area contributed by atoms with Crippen LogP contribution in [0.3, 0.4) is 0 Å². The predicted molar refractivity (Wildman–Crippen MR) is 87.1 cm³/mol. The lowest BCUT2D eigenvalue weighted by atomic mass is 9.69. The highest BCUT2D eigenvalue weighted by atomic mass is 14.8. The van der Waals surface area contributed by atoms with Crippen molar-refractivity contribution in [3.8, 4) is 0 Å². The summed E-state index contributed by atoms with van der Waals surface area (Å²) >= 11 is 0. The Bertz CT molecular complexity index is 882. The molecule has 21 heavy (non-hydrogen) atoms. The summed E-state index contributed by atoms with van der Waals surface area (Å²) in [6, 6.07) is 17.4. The second-order valence-electron chi connectivity index (χ2n) is 6.14. The molecule has 0 saturated heterocycles. The monoisotopic (exact) mass is 269 g/mol. The van der Waals surface area contributed by atoms with Gasteiger partial charge < -0.3 is 0 Å². The van der Waals surface area contributed by atoms with E-state index in [0.717, 1.165) is 17.8 Å². The Kier molecular flexibility index (Phi) is 1.94. The lowest BCUT2D eigenvalue weighted by molar-refractivity contribution is 0.709. The van der Waals surface area contributed by atoms with Gasteiger partial charge in [-0.05, 0) is 53.3 Å². The average molecular weight is 269 g/mol. The molecule has 1 heteroatoms. The Morgan fingerprint density at radius 3 is 2.62 bits per heavy atom. The first-order chi connectivity index (χ1) is 10.3. The zero-order chi connectivity index (χ0) is 14.0. The Hall–Kier alpha value is -2.41. The van der Waals surface area contributed by atoms with E-state index in [1.165, 1.54) is 27.8 Å². The molecule has 0 spiro atoms. The third-order valence-electron chi connectivity index (χ3n) is 5.13. The normalized spacial score (nSPS) is 24.3. The van der Waals surface area contributed by atoms with E-state index in [-0.39, 0.29) is 5.41 Å². The summed E-state index contributed by atoms with van der Waals surface area (Å²) < 4.78 is 0. The Labute approximate surface area is 124 Å². The van der Waals surface area contributed by atoms with E-state index in [4.69, 9.17) is 4.99 Å². The quantitative estimate of drug-likeness (QED) is 0.651. The second-order valence-corrected chi connectivity index (χ2v) is 6.14. The van der Waals surface area contributed by atoms with E-state index < -0.39 is 0 Å². The topological polar surface area (TPSA) is 12.4 Å². The van der Waals surface area contributed by atoms with Crippen molar-refractivity contribution in [1.29, 1.82) is 0 Å². The molecular formula is C20H15N. The number of rotatable bonds is 0. The molecule has 0 radical (unpaired) electrons. The van der Waals surface area contributed by atoms with Crippen molar-refractivity contribution in [3.05, 3.63) is 82.9 Å². The summed E-state index contributed by atoms with van der Waals surface area (Å²) in [4.78, 5) is 4.91. The molecule has 5 rings (SSSR count). The van der Waals surface area contributed by atoms with Crippen LogP contribution in [-0.4, -0.2) is 5.71 Å². The highest BCUT2D eigenvalue weighted by molar-refractivity contribution is 6.21. The molecule has 1 unspecified atom stereocenters. The van der Waals surface area contributed by atoms with Gasteiger partial charge in [0.1, 0.15) is 0 Å². The third-order valence-corrected chi connectivity index (χ3v) is 5.13. The lowest BCUT2D eigenvalue weighted by Gasteiger charge is -2.35. The molecular weight excluding hydrogens is 254 g/mol. The van der Waals surface area contributed by atoms with E-state index in [2.05, 4.69) is 67.6 Å². The number of para-hydroxylation sites is 1. The molecule has 1 aliphatic heterocycles. The summed E-state index contributed by atoms with van der Waals surface area (Å²) in [5.74, 6) is 0. The molecule has 0 fully saturated rings. The zero-order valence-electron chi connectivity index (χ0n) is 11.9. The smallest absolute Gasteiger partial charge is 0.0681 e. The number of allylic oxidation sites excluding steroid dienone is 4. The van der Waals surface area contributed by atoms with Crippen LogP contribution in [-0.2, 0) is 5.41 Å². The largest absolute Gasteiger partial charge is 0.248 e. The highest BCUT2D eigenvalue weighted by Gasteiger charge is 2.47. The van der Waals surface area contributed by atoms with Crippen molar-refractivity contribution in [2.45, 2.75) is 18.8 Å². The molecule has 1 nitrogen and oxygen atoms in total. The molecule has 0 saturated carbocycles. The summed E-state index contributed by atoms with van der Waals surface area (Å²) in [5.41, 5.74) is 9.26. The molecule has 0 N–H and O–H groups in total. The Morgan fingerprint density at radius 1 is 0.952 bits per heavy atom. The van der Waals surface area contributed by atoms with Crippen LogP contribution in [0, 0.1) is 0 Å².